The topological polar surface area (TPSA) is 144 Å². The van der Waals surface area contributed by atoms with Gasteiger partial charge in [0, 0.05) is 48.6 Å². The number of aliphatic imine (C=N–C) groups is 2. The van der Waals surface area contributed by atoms with E-state index in [9.17, 15) is 9.59 Å². The Labute approximate surface area is 305 Å². The van der Waals surface area contributed by atoms with Crippen LogP contribution in [-0.4, -0.2) is 70.5 Å². The number of halogens is 1. The summed E-state index contributed by atoms with van der Waals surface area (Å²) in [5.41, 5.74) is 7.34. The second kappa shape index (κ2) is 15.1. The number of nitrogens with one attached hydrogen (secondary N) is 2. The van der Waals surface area contributed by atoms with Gasteiger partial charge in [-0.1, -0.05) is 24.8 Å². The molecule has 0 aromatic carbocycles. The van der Waals surface area contributed by atoms with Crippen molar-refractivity contribution in [2.75, 3.05) is 26.2 Å². The fraction of sp³-hybridized carbons (Fsp3) is 0.595. The number of pyridine rings is 1. The second-order valence-corrected chi connectivity index (χ2v) is 16.7. The SMILES string of the molecule is C=CC(=NC(=C)CNCCC1CN(C(=O)OC(C)(C)C)C(C)(C)C1)SNC(=O)c1ccc(N=C/C=C(\N)OCCC2C3(CC3)C23CC3)nc1Cl. The van der Waals surface area contributed by atoms with E-state index in [-0.39, 0.29) is 22.3 Å². The lowest BCUT2D eigenvalue weighted by Crippen LogP contribution is -2.45. The lowest BCUT2D eigenvalue weighted by molar-refractivity contribution is 0.0130. The summed E-state index contributed by atoms with van der Waals surface area (Å²) in [4.78, 5) is 40.4. The third kappa shape index (κ3) is 9.11. The number of allylic oxidation sites excluding steroid dienone is 1. The maximum absolute atomic E-state index is 12.8. The van der Waals surface area contributed by atoms with Crippen molar-refractivity contribution < 1.29 is 19.1 Å². The number of ether oxygens (including phenoxy) is 2. The van der Waals surface area contributed by atoms with E-state index >= 15 is 0 Å². The van der Waals surface area contributed by atoms with E-state index in [4.69, 9.17) is 26.8 Å². The summed E-state index contributed by atoms with van der Waals surface area (Å²) in [5, 5.41) is 3.87. The van der Waals surface area contributed by atoms with Crippen LogP contribution in [0.2, 0.25) is 5.15 Å². The molecule has 1 aliphatic heterocycles. The number of rotatable bonds is 14. The van der Waals surface area contributed by atoms with Gasteiger partial charge in [0.1, 0.15) is 15.8 Å². The molecule has 2 amide bonds. The average molecular weight is 726 g/mol. The molecule has 3 aliphatic carbocycles. The molecule has 4 fully saturated rings. The van der Waals surface area contributed by atoms with Gasteiger partial charge in [0.15, 0.2) is 11.7 Å². The van der Waals surface area contributed by atoms with Crippen LogP contribution in [-0.2, 0) is 9.47 Å². The first-order valence-electron chi connectivity index (χ1n) is 17.5. The van der Waals surface area contributed by atoms with Crippen LogP contribution in [0.4, 0.5) is 10.6 Å². The van der Waals surface area contributed by atoms with Crippen LogP contribution in [0, 0.1) is 22.7 Å². The summed E-state index contributed by atoms with van der Waals surface area (Å²) in [7, 11) is 0. The first-order valence-corrected chi connectivity index (χ1v) is 18.7. The zero-order valence-corrected chi connectivity index (χ0v) is 31.6. The number of amides is 2. The standard InChI is InChI=1S/C37H52ClN7O4S/c1-8-30(42-24(2)22-40-18-11-25-21-35(6,7)45(23-25)33(47)49-34(3,4)5)50-44-32(46)26-9-10-29(43-31(26)38)41-19-12-28(39)48-20-13-27-36(14-15-36)37(27)16-17-37/h8-10,12,19,25,27,40H,1-2,11,13-18,20-23,39H2,3-7H3,(H,44,46)/b28-12+,41-19?,42-30?. The Hall–Kier alpha value is -3.35. The number of carbonyl (C=O) groups excluding carboxylic acids is 2. The van der Waals surface area contributed by atoms with Gasteiger partial charge in [-0.15, -0.1) is 0 Å². The lowest BCUT2D eigenvalue weighted by Gasteiger charge is -2.33. The molecule has 272 valence electrons. The van der Waals surface area contributed by atoms with E-state index in [1.807, 2.05) is 25.7 Å². The second-order valence-electron chi connectivity index (χ2n) is 15.5. The Morgan fingerprint density at radius 2 is 1.90 bits per heavy atom. The first kappa shape index (κ1) is 37.9. The van der Waals surface area contributed by atoms with Gasteiger partial charge in [-0.2, -0.15) is 0 Å². The Morgan fingerprint density at radius 1 is 1.20 bits per heavy atom. The highest BCUT2D eigenvalue weighted by molar-refractivity contribution is 8.13. The van der Waals surface area contributed by atoms with Gasteiger partial charge in [-0.3, -0.25) is 9.52 Å². The average Bonchev–Trinajstić information content (AvgIpc) is 3.98. The number of nitrogens with two attached hydrogens (primary N) is 1. The van der Waals surface area contributed by atoms with Crippen LogP contribution < -0.4 is 15.8 Å². The van der Waals surface area contributed by atoms with E-state index < -0.39 is 11.5 Å². The Morgan fingerprint density at radius 3 is 2.52 bits per heavy atom. The predicted octanol–water partition coefficient (Wildman–Crippen LogP) is 7.33. The van der Waals surface area contributed by atoms with Gasteiger partial charge in [0.25, 0.3) is 5.91 Å². The van der Waals surface area contributed by atoms with Gasteiger partial charge in [-0.25, -0.2) is 19.8 Å². The molecule has 1 aromatic rings. The molecular formula is C37H52ClN7O4S. The number of likely N-dealkylation sites (tertiary alicyclic amines) is 1. The van der Waals surface area contributed by atoms with E-state index in [0.29, 0.717) is 58.9 Å². The monoisotopic (exact) mass is 725 g/mol. The first-order chi connectivity index (χ1) is 23.6. The summed E-state index contributed by atoms with van der Waals surface area (Å²) in [6.45, 7) is 20.1. The zero-order chi connectivity index (χ0) is 36.3. The third-order valence-electron chi connectivity index (χ3n) is 10.3. The zero-order valence-electron chi connectivity index (χ0n) is 30.0. The molecule has 4 N–H and O–H groups in total. The van der Waals surface area contributed by atoms with Gasteiger partial charge >= 0.3 is 6.09 Å². The molecule has 0 radical (unpaired) electrons. The normalized spacial score (nSPS) is 21.8. The highest BCUT2D eigenvalue weighted by Crippen LogP contribution is 2.93. The molecule has 1 unspecified atom stereocenters. The van der Waals surface area contributed by atoms with E-state index in [1.54, 1.807) is 24.3 Å². The molecule has 2 heterocycles. The quantitative estimate of drug-likeness (QED) is 0.0452. The smallest absolute Gasteiger partial charge is 0.410 e. The van der Waals surface area contributed by atoms with Crippen molar-refractivity contribution in [1.29, 1.82) is 0 Å². The van der Waals surface area contributed by atoms with Crippen molar-refractivity contribution >= 4 is 52.6 Å². The van der Waals surface area contributed by atoms with Crippen LogP contribution in [0.5, 0.6) is 0 Å². The predicted molar refractivity (Wildman–Crippen MR) is 202 cm³/mol. The fourth-order valence-electron chi connectivity index (χ4n) is 7.77. The summed E-state index contributed by atoms with van der Waals surface area (Å²) in [6, 6.07) is 3.16. The summed E-state index contributed by atoms with van der Waals surface area (Å²) >= 11 is 7.33. The van der Waals surface area contributed by atoms with Crippen molar-refractivity contribution in [3.63, 3.8) is 0 Å². The number of carbonyl (C=O) groups is 2. The van der Waals surface area contributed by atoms with Gasteiger partial charge < -0.3 is 25.4 Å². The van der Waals surface area contributed by atoms with Crippen LogP contribution in [0.25, 0.3) is 0 Å². The van der Waals surface area contributed by atoms with Crippen molar-refractivity contribution in [2.45, 2.75) is 90.7 Å². The van der Waals surface area contributed by atoms with E-state index in [2.05, 4.69) is 52.0 Å². The van der Waals surface area contributed by atoms with E-state index in [1.165, 1.54) is 31.9 Å². The molecule has 4 aliphatic rings. The largest absolute Gasteiger partial charge is 0.479 e. The van der Waals surface area contributed by atoms with Gasteiger partial charge in [-0.05, 0) is 127 Å². The molecule has 3 saturated carbocycles. The van der Waals surface area contributed by atoms with Crippen molar-refractivity contribution in [1.82, 2.24) is 19.9 Å². The Kier molecular flexibility index (Phi) is 11.4. The minimum Gasteiger partial charge on any atom is -0.479 e. The maximum Gasteiger partial charge on any atom is 0.410 e. The highest BCUT2D eigenvalue weighted by Gasteiger charge is 2.85. The Balaban J connectivity index is 0.995. The Bertz CT molecular complexity index is 1560. The molecule has 2 spiro atoms. The molecule has 1 atom stereocenters. The lowest BCUT2D eigenvalue weighted by atomic mass is 9.94. The van der Waals surface area contributed by atoms with Crippen LogP contribution in [0.3, 0.4) is 0 Å². The summed E-state index contributed by atoms with van der Waals surface area (Å²) < 4.78 is 14.0. The van der Waals surface area contributed by atoms with Crippen LogP contribution in [0.1, 0.15) is 89.9 Å². The number of nitrogens with zero attached hydrogens (tertiary/aromatic N) is 4. The number of hydrogen-bond donors (Lipinski definition) is 3. The third-order valence-corrected chi connectivity index (χ3v) is 11.4. The minimum absolute atomic E-state index is 0.0176. The molecule has 13 heteroatoms. The summed E-state index contributed by atoms with van der Waals surface area (Å²) in [5.74, 6) is 1.39. The maximum atomic E-state index is 12.8. The van der Waals surface area contributed by atoms with Gasteiger partial charge in [0.05, 0.1) is 12.2 Å². The molecule has 5 rings (SSSR count). The van der Waals surface area contributed by atoms with E-state index in [0.717, 1.165) is 43.7 Å². The molecule has 11 nitrogen and oxygen atoms in total. The van der Waals surface area contributed by atoms with Crippen molar-refractivity contribution in [2.24, 2.45) is 38.4 Å². The van der Waals surface area contributed by atoms with Gasteiger partial charge in [0.2, 0.25) is 0 Å². The summed E-state index contributed by atoms with van der Waals surface area (Å²) in [6.07, 6.45) is 12.8. The molecule has 1 aromatic heterocycles. The molecule has 1 saturated heterocycles. The number of fused-ring (bicyclic) bond motifs is 1. The fourth-order valence-corrected chi connectivity index (χ4v) is 8.57. The number of hydrogen-bond acceptors (Lipinski definition) is 10. The minimum atomic E-state index is -0.526. The van der Waals surface area contributed by atoms with Crippen LogP contribution >= 0.6 is 23.5 Å². The number of aromatic nitrogens is 1. The van der Waals surface area contributed by atoms with Crippen molar-refractivity contribution in [3.8, 4) is 0 Å². The molecule has 50 heavy (non-hydrogen) atoms. The van der Waals surface area contributed by atoms with Crippen LogP contribution in [0.15, 0.2) is 59.0 Å². The molecular weight excluding hydrogens is 674 g/mol. The van der Waals surface area contributed by atoms with Crippen molar-refractivity contribution in [3.05, 3.63) is 59.7 Å². The highest BCUT2D eigenvalue weighted by atomic mass is 35.5. The molecule has 0 bridgehead atoms.